The molecule has 0 atom stereocenters. The van der Waals surface area contributed by atoms with Crippen molar-refractivity contribution in [2.45, 2.75) is 19.8 Å². The van der Waals surface area contributed by atoms with Crippen molar-refractivity contribution in [2.75, 3.05) is 19.7 Å². The monoisotopic (exact) mass is 247 g/mol. The van der Waals surface area contributed by atoms with Crippen LogP contribution < -0.4 is 4.74 Å². The van der Waals surface area contributed by atoms with Crippen LogP contribution in [0.4, 0.5) is 0 Å². The Hall–Kier alpha value is -1.84. The molecule has 2 rings (SSSR count). The number of para-hydroxylation sites is 1. The van der Waals surface area contributed by atoms with E-state index < -0.39 is 0 Å². The van der Waals surface area contributed by atoms with Crippen LogP contribution in [-0.2, 0) is 4.79 Å². The Morgan fingerprint density at radius 1 is 1.39 bits per heavy atom. The number of hydrogen-bond acceptors (Lipinski definition) is 3. The molecule has 96 valence electrons. The summed E-state index contributed by atoms with van der Waals surface area (Å²) in [6.07, 6.45) is 2.88. The third-order valence-corrected chi connectivity index (χ3v) is 3.17. The van der Waals surface area contributed by atoms with Gasteiger partial charge in [-0.2, -0.15) is 0 Å². The lowest BCUT2D eigenvalue weighted by molar-refractivity contribution is -0.132. The summed E-state index contributed by atoms with van der Waals surface area (Å²) in [7, 11) is 0. The minimum atomic E-state index is -0.00685. The number of amides is 1. The first kappa shape index (κ1) is 12.6. The van der Waals surface area contributed by atoms with Gasteiger partial charge in [0.25, 0.3) is 5.91 Å². The molecule has 1 aliphatic rings. The summed E-state index contributed by atoms with van der Waals surface area (Å²) in [5, 5.41) is 0. The SMILES string of the molecule is Cc1cccc(C=O)c1OCC(=O)N1CCCC1. The van der Waals surface area contributed by atoms with E-state index in [2.05, 4.69) is 0 Å². The summed E-state index contributed by atoms with van der Waals surface area (Å²) in [4.78, 5) is 24.6. The number of hydrogen-bond donors (Lipinski definition) is 0. The summed E-state index contributed by atoms with van der Waals surface area (Å²) >= 11 is 0. The average molecular weight is 247 g/mol. The Morgan fingerprint density at radius 2 is 2.11 bits per heavy atom. The molecule has 1 saturated heterocycles. The molecule has 1 fully saturated rings. The zero-order valence-corrected chi connectivity index (χ0v) is 10.5. The van der Waals surface area contributed by atoms with E-state index in [4.69, 9.17) is 4.74 Å². The van der Waals surface area contributed by atoms with Crippen LogP contribution in [0.15, 0.2) is 18.2 Å². The van der Waals surface area contributed by atoms with Gasteiger partial charge in [-0.3, -0.25) is 9.59 Å². The quantitative estimate of drug-likeness (QED) is 0.762. The molecule has 0 aromatic heterocycles. The maximum Gasteiger partial charge on any atom is 0.260 e. The third kappa shape index (κ3) is 2.70. The Kier molecular flexibility index (Phi) is 3.97. The number of aldehydes is 1. The van der Waals surface area contributed by atoms with Crippen molar-refractivity contribution in [3.63, 3.8) is 0 Å². The van der Waals surface area contributed by atoms with Crippen LogP contribution in [0.3, 0.4) is 0 Å². The van der Waals surface area contributed by atoms with E-state index >= 15 is 0 Å². The second-order valence-electron chi connectivity index (χ2n) is 4.49. The maximum atomic E-state index is 11.8. The molecule has 1 heterocycles. The lowest BCUT2D eigenvalue weighted by Gasteiger charge is -2.16. The number of likely N-dealkylation sites (tertiary alicyclic amines) is 1. The number of ether oxygens (including phenoxy) is 1. The predicted octanol–water partition coefficient (Wildman–Crippen LogP) is 1.81. The van der Waals surface area contributed by atoms with Gasteiger partial charge >= 0.3 is 0 Å². The molecule has 1 aromatic carbocycles. The van der Waals surface area contributed by atoms with E-state index in [1.165, 1.54) is 0 Å². The van der Waals surface area contributed by atoms with Gasteiger partial charge in [0.2, 0.25) is 0 Å². The van der Waals surface area contributed by atoms with Gasteiger partial charge in [-0.25, -0.2) is 0 Å². The first-order valence-corrected chi connectivity index (χ1v) is 6.17. The average Bonchev–Trinajstić information content (AvgIpc) is 2.90. The van der Waals surface area contributed by atoms with E-state index in [0.717, 1.165) is 37.8 Å². The highest BCUT2D eigenvalue weighted by Gasteiger charge is 2.18. The highest BCUT2D eigenvalue weighted by atomic mass is 16.5. The van der Waals surface area contributed by atoms with Crippen LogP contribution in [-0.4, -0.2) is 36.8 Å². The maximum absolute atomic E-state index is 11.8. The zero-order valence-electron chi connectivity index (χ0n) is 10.5. The zero-order chi connectivity index (χ0) is 13.0. The van der Waals surface area contributed by atoms with Crippen LogP contribution in [0.1, 0.15) is 28.8 Å². The first-order valence-electron chi connectivity index (χ1n) is 6.17. The fraction of sp³-hybridized carbons (Fsp3) is 0.429. The van der Waals surface area contributed by atoms with Crippen molar-refractivity contribution in [1.82, 2.24) is 4.90 Å². The molecule has 1 aliphatic heterocycles. The fourth-order valence-electron chi connectivity index (χ4n) is 2.16. The molecule has 4 nitrogen and oxygen atoms in total. The van der Waals surface area contributed by atoms with Gasteiger partial charge in [0.1, 0.15) is 5.75 Å². The molecule has 1 amide bonds. The predicted molar refractivity (Wildman–Crippen MR) is 67.9 cm³/mol. The first-order chi connectivity index (χ1) is 8.72. The number of rotatable bonds is 4. The topological polar surface area (TPSA) is 46.6 Å². The summed E-state index contributed by atoms with van der Waals surface area (Å²) in [6.45, 7) is 3.50. The Morgan fingerprint density at radius 3 is 2.78 bits per heavy atom. The van der Waals surface area contributed by atoms with Crippen molar-refractivity contribution in [2.24, 2.45) is 0 Å². The molecular weight excluding hydrogens is 230 g/mol. The summed E-state index contributed by atoms with van der Waals surface area (Å²) in [6, 6.07) is 5.35. The van der Waals surface area contributed by atoms with Crippen molar-refractivity contribution in [3.8, 4) is 5.75 Å². The lowest BCUT2D eigenvalue weighted by atomic mass is 10.1. The minimum Gasteiger partial charge on any atom is -0.483 e. The van der Waals surface area contributed by atoms with Crippen LogP contribution in [0.2, 0.25) is 0 Å². The molecule has 0 spiro atoms. The van der Waals surface area contributed by atoms with E-state index in [-0.39, 0.29) is 12.5 Å². The van der Waals surface area contributed by atoms with Crippen LogP contribution >= 0.6 is 0 Å². The molecule has 0 radical (unpaired) electrons. The van der Waals surface area contributed by atoms with Crippen molar-refractivity contribution < 1.29 is 14.3 Å². The Bertz CT molecular complexity index is 450. The molecule has 4 heteroatoms. The lowest BCUT2D eigenvalue weighted by Crippen LogP contribution is -2.32. The molecule has 0 aliphatic carbocycles. The molecule has 0 N–H and O–H groups in total. The van der Waals surface area contributed by atoms with Crippen molar-refractivity contribution in [3.05, 3.63) is 29.3 Å². The Balaban J connectivity index is 2.01. The number of carbonyl (C=O) groups is 2. The van der Waals surface area contributed by atoms with E-state index in [1.54, 1.807) is 17.0 Å². The molecule has 0 unspecified atom stereocenters. The van der Waals surface area contributed by atoms with Gasteiger partial charge in [0.15, 0.2) is 12.9 Å². The molecule has 18 heavy (non-hydrogen) atoms. The molecule has 1 aromatic rings. The van der Waals surface area contributed by atoms with E-state index in [1.807, 2.05) is 13.0 Å². The second-order valence-corrected chi connectivity index (χ2v) is 4.49. The van der Waals surface area contributed by atoms with Crippen molar-refractivity contribution in [1.29, 1.82) is 0 Å². The van der Waals surface area contributed by atoms with Gasteiger partial charge in [-0.1, -0.05) is 12.1 Å². The van der Waals surface area contributed by atoms with Gasteiger partial charge < -0.3 is 9.64 Å². The van der Waals surface area contributed by atoms with Crippen LogP contribution in [0.5, 0.6) is 5.75 Å². The number of carbonyl (C=O) groups excluding carboxylic acids is 2. The smallest absolute Gasteiger partial charge is 0.260 e. The van der Waals surface area contributed by atoms with Crippen LogP contribution in [0, 0.1) is 6.92 Å². The van der Waals surface area contributed by atoms with E-state index in [9.17, 15) is 9.59 Å². The van der Waals surface area contributed by atoms with Crippen LogP contribution in [0.25, 0.3) is 0 Å². The second kappa shape index (κ2) is 5.67. The highest BCUT2D eigenvalue weighted by Crippen LogP contribution is 2.22. The highest BCUT2D eigenvalue weighted by molar-refractivity contribution is 5.81. The molecular formula is C14H17NO3. The normalized spacial score (nSPS) is 14.6. The number of nitrogens with zero attached hydrogens (tertiary/aromatic N) is 1. The largest absolute Gasteiger partial charge is 0.483 e. The number of aryl methyl sites for hydroxylation is 1. The van der Waals surface area contributed by atoms with Gasteiger partial charge in [0.05, 0.1) is 5.56 Å². The fourth-order valence-corrected chi connectivity index (χ4v) is 2.16. The summed E-state index contributed by atoms with van der Waals surface area (Å²) in [5.74, 6) is 0.507. The minimum absolute atomic E-state index is 0.00565. The van der Waals surface area contributed by atoms with Gasteiger partial charge in [-0.15, -0.1) is 0 Å². The van der Waals surface area contributed by atoms with Gasteiger partial charge in [-0.05, 0) is 31.4 Å². The van der Waals surface area contributed by atoms with E-state index in [0.29, 0.717) is 11.3 Å². The van der Waals surface area contributed by atoms with Crippen molar-refractivity contribution >= 4 is 12.2 Å². The third-order valence-electron chi connectivity index (χ3n) is 3.17. The Labute approximate surface area is 107 Å². The molecule has 0 saturated carbocycles. The standard InChI is InChI=1S/C14H17NO3/c1-11-5-4-6-12(9-16)14(11)18-10-13(17)15-7-2-3-8-15/h4-6,9H,2-3,7-8,10H2,1H3. The van der Waals surface area contributed by atoms with Gasteiger partial charge in [0, 0.05) is 13.1 Å². The number of benzene rings is 1. The molecule has 0 bridgehead atoms. The summed E-state index contributed by atoms with van der Waals surface area (Å²) in [5.41, 5.74) is 1.36. The summed E-state index contributed by atoms with van der Waals surface area (Å²) < 4.78 is 5.51.